The number of nitrogens with two attached hydrogens (primary N) is 1. The van der Waals surface area contributed by atoms with Gasteiger partial charge in [0.1, 0.15) is 6.04 Å². The molecule has 0 saturated carbocycles. The summed E-state index contributed by atoms with van der Waals surface area (Å²) in [5.41, 5.74) is 6.82. The molecule has 0 aliphatic carbocycles. The number of rotatable bonds is 7. The minimum atomic E-state index is -1.17. The average Bonchev–Trinajstić information content (AvgIpc) is 2.45. The zero-order valence-electron chi connectivity index (χ0n) is 11.3. The summed E-state index contributed by atoms with van der Waals surface area (Å²) in [5, 5.41) is 20.1. The predicted octanol–water partition coefficient (Wildman–Crippen LogP) is 0.274. The second kappa shape index (κ2) is 7.62. The van der Waals surface area contributed by atoms with E-state index in [1.165, 1.54) is 0 Å². The highest BCUT2D eigenvalue weighted by atomic mass is 16.4. The van der Waals surface area contributed by atoms with E-state index in [1.807, 2.05) is 30.3 Å². The lowest BCUT2D eigenvalue weighted by Gasteiger charge is -2.22. The topological polar surface area (TPSA) is 113 Å². The number of carboxylic acids is 1. The molecule has 0 bridgehead atoms. The van der Waals surface area contributed by atoms with Crippen LogP contribution in [-0.2, 0) is 9.59 Å². The standard InChI is InChI=1S/C14H20N2O4/c1-9(12(15)10-5-3-2-4-6-10)13(18)16-11(7-8-17)14(19)20/h2-6,9,11-12,17H,7-8,15H2,1H3,(H,16,18)(H,19,20)/t9?,11-,12?/m1/s1. The second-order valence-corrected chi connectivity index (χ2v) is 4.64. The Labute approximate surface area is 117 Å². The Kier molecular flexibility index (Phi) is 6.14. The third-order valence-corrected chi connectivity index (χ3v) is 3.17. The Hall–Kier alpha value is -1.92. The normalized spacial score (nSPS) is 15.2. The summed E-state index contributed by atoms with van der Waals surface area (Å²) in [4.78, 5) is 22.9. The Morgan fingerprint density at radius 3 is 2.40 bits per heavy atom. The summed E-state index contributed by atoms with van der Waals surface area (Å²) in [7, 11) is 0. The number of carboxylic acid groups (broad SMARTS) is 1. The van der Waals surface area contributed by atoms with Gasteiger partial charge in [-0.25, -0.2) is 4.79 Å². The van der Waals surface area contributed by atoms with Gasteiger partial charge in [0.05, 0.1) is 5.92 Å². The highest BCUT2D eigenvalue weighted by molar-refractivity contribution is 5.85. The molecule has 1 amide bonds. The third-order valence-electron chi connectivity index (χ3n) is 3.17. The lowest BCUT2D eigenvalue weighted by molar-refractivity contribution is -0.143. The number of aliphatic carboxylic acids is 1. The molecule has 0 heterocycles. The maximum absolute atomic E-state index is 12.0. The fourth-order valence-corrected chi connectivity index (χ4v) is 1.82. The van der Waals surface area contributed by atoms with Crippen molar-refractivity contribution < 1.29 is 19.8 Å². The molecule has 0 saturated heterocycles. The number of carbonyl (C=O) groups is 2. The zero-order valence-corrected chi connectivity index (χ0v) is 11.3. The lowest BCUT2D eigenvalue weighted by Crippen LogP contribution is -2.45. The van der Waals surface area contributed by atoms with Crippen LogP contribution in [0.2, 0.25) is 0 Å². The highest BCUT2D eigenvalue weighted by Crippen LogP contribution is 2.19. The van der Waals surface area contributed by atoms with Crippen molar-refractivity contribution in [2.45, 2.75) is 25.4 Å². The molecule has 0 aliphatic rings. The Morgan fingerprint density at radius 1 is 1.30 bits per heavy atom. The van der Waals surface area contributed by atoms with E-state index in [0.29, 0.717) is 0 Å². The number of amides is 1. The number of aliphatic hydroxyl groups excluding tert-OH is 1. The van der Waals surface area contributed by atoms with Gasteiger partial charge in [-0.3, -0.25) is 4.79 Å². The molecule has 20 heavy (non-hydrogen) atoms. The first-order valence-electron chi connectivity index (χ1n) is 6.42. The fraction of sp³-hybridized carbons (Fsp3) is 0.429. The van der Waals surface area contributed by atoms with Crippen molar-refractivity contribution in [1.29, 1.82) is 0 Å². The molecule has 1 aromatic rings. The van der Waals surface area contributed by atoms with Crippen molar-refractivity contribution in [2.75, 3.05) is 6.61 Å². The van der Waals surface area contributed by atoms with Crippen molar-refractivity contribution in [2.24, 2.45) is 11.7 Å². The van der Waals surface area contributed by atoms with Gasteiger partial charge in [0.2, 0.25) is 5.91 Å². The maximum Gasteiger partial charge on any atom is 0.326 e. The number of nitrogens with one attached hydrogen (secondary N) is 1. The summed E-state index contributed by atoms with van der Waals surface area (Å²) in [5.74, 6) is -2.19. The fourth-order valence-electron chi connectivity index (χ4n) is 1.82. The van der Waals surface area contributed by atoms with Crippen LogP contribution in [0.15, 0.2) is 30.3 Å². The SMILES string of the molecule is CC(C(=O)N[C@H](CCO)C(=O)O)C(N)c1ccccc1. The van der Waals surface area contributed by atoms with Crippen LogP contribution >= 0.6 is 0 Å². The average molecular weight is 280 g/mol. The van der Waals surface area contributed by atoms with E-state index in [1.54, 1.807) is 6.92 Å². The predicted molar refractivity (Wildman–Crippen MR) is 73.8 cm³/mol. The minimum absolute atomic E-state index is 0.0334. The molecule has 0 spiro atoms. The van der Waals surface area contributed by atoms with Crippen molar-refractivity contribution in [3.05, 3.63) is 35.9 Å². The van der Waals surface area contributed by atoms with Crippen molar-refractivity contribution in [1.82, 2.24) is 5.32 Å². The largest absolute Gasteiger partial charge is 0.480 e. The van der Waals surface area contributed by atoms with Crippen LogP contribution in [0.25, 0.3) is 0 Å². The molecule has 1 aromatic carbocycles. The van der Waals surface area contributed by atoms with E-state index in [2.05, 4.69) is 5.32 Å². The van der Waals surface area contributed by atoms with Crippen LogP contribution in [0.4, 0.5) is 0 Å². The first-order valence-corrected chi connectivity index (χ1v) is 6.42. The van der Waals surface area contributed by atoms with Crippen molar-refractivity contribution in [3.8, 4) is 0 Å². The quantitative estimate of drug-likeness (QED) is 0.573. The van der Waals surface area contributed by atoms with E-state index in [0.717, 1.165) is 5.56 Å². The van der Waals surface area contributed by atoms with Crippen molar-refractivity contribution in [3.63, 3.8) is 0 Å². The Balaban J connectivity index is 2.69. The van der Waals surface area contributed by atoms with Crippen LogP contribution in [0.3, 0.4) is 0 Å². The zero-order chi connectivity index (χ0) is 15.1. The number of aliphatic hydroxyl groups is 1. The molecule has 0 radical (unpaired) electrons. The summed E-state index contributed by atoms with van der Waals surface area (Å²) in [6.07, 6.45) is -0.0334. The van der Waals surface area contributed by atoms with Gasteiger partial charge in [0.25, 0.3) is 0 Å². The number of carbonyl (C=O) groups excluding carboxylic acids is 1. The van der Waals surface area contributed by atoms with Crippen molar-refractivity contribution >= 4 is 11.9 Å². The van der Waals surface area contributed by atoms with Crippen LogP contribution in [0, 0.1) is 5.92 Å². The molecular formula is C14H20N2O4. The van der Waals surface area contributed by atoms with Gasteiger partial charge < -0.3 is 21.3 Å². The number of benzene rings is 1. The smallest absolute Gasteiger partial charge is 0.326 e. The van der Waals surface area contributed by atoms with Gasteiger partial charge in [0.15, 0.2) is 0 Å². The molecule has 1 rings (SSSR count). The van der Waals surface area contributed by atoms with E-state index >= 15 is 0 Å². The highest BCUT2D eigenvalue weighted by Gasteiger charge is 2.26. The molecule has 3 atom stereocenters. The second-order valence-electron chi connectivity index (χ2n) is 4.64. The molecule has 0 aromatic heterocycles. The van der Waals surface area contributed by atoms with Crippen LogP contribution in [-0.4, -0.2) is 34.7 Å². The molecule has 6 heteroatoms. The van der Waals surface area contributed by atoms with E-state index < -0.39 is 29.9 Å². The van der Waals surface area contributed by atoms with Gasteiger partial charge in [-0.15, -0.1) is 0 Å². The summed E-state index contributed by atoms with van der Waals surface area (Å²) < 4.78 is 0. The molecule has 2 unspecified atom stereocenters. The van der Waals surface area contributed by atoms with Gasteiger partial charge in [0, 0.05) is 19.1 Å². The van der Waals surface area contributed by atoms with Gasteiger partial charge in [-0.2, -0.15) is 0 Å². The minimum Gasteiger partial charge on any atom is -0.480 e. The summed E-state index contributed by atoms with van der Waals surface area (Å²) in [6, 6.07) is 7.52. The monoisotopic (exact) mass is 280 g/mol. The summed E-state index contributed by atoms with van der Waals surface area (Å²) in [6.45, 7) is 1.33. The Morgan fingerprint density at radius 2 is 1.90 bits per heavy atom. The van der Waals surface area contributed by atoms with Crippen LogP contribution in [0.5, 0.6) is 0 Å². The Bertz CT molecular complexity index is 450. The first-order chi connectivity index (χ1) is 9.47. The molecule has 0 aliphatic heterocycles. The van der Waals surface area contributed by atoms with Gasteiger partial charge >= 0.3 is 5.97 Å². The lowest BCUT2D eigenvalue weighted by atomic mass is 9.94. The van der Waals surface area contributed by atoms with Gasteiger partial charge in [-0.1, -0.05) is 37.3 Å². The van der Waals surface area contributed by atoms with Crippen LogP contribution in [0.1, 0.15) is 24.9 Å². The molecular weight excluding hydrogens is 260 g/mol. The summed E-state index contributed by atoms with van der Waals surface area (Å²) >= 11 is 0. The number of hydrogen-bond acceptors (Lipinski definition) is 4. The molecule has 0 fully saturated rings. The van der Waals surface area contributed by atoms with Crippen LogP contribution < -0.4 is 11.1 Å². The van der Waals surface area contributed by atoms with Gasteiger partial charge in [-0.05, 0) is 5.56 Å². The molecule has 6 nitrogen and oxygen atoms in total. The molecule has 110 valence electrons. The first kappa shape index (κ1) is 16.1. The number of hydrogen-bond donors (Lipinski definition) is 4. The van der Waals surface area contributed by atoms with E-state index in [-0.39, 0.29) is 13.0 Å². The van der Waals surface area contributed by atoms with E-state index in [4.69, 9.17) is 15.9 Å². The maximum atomic E-state index is 12.0. The van der Waals surface area contributed by atoms with E-state index in [9.17, 15) is 9.59 Å². The molecule has 5 N–H and O–H groups in total. The third kappa shape index (κ3) is 4.32.